The monoisotopic (exact) mass is 316 g/mol. The van der Waals surface area contributed by atoms with Crippen molar-refractivity contribution in [2.45, 2.75) is 19.4 Å². The van der Waals surface area contributed by atoms with Crippen molar-refractivity contribution in [3.8, 4) is 0 Å². The number of nitrogens with one attached hydrogen (secondary N) is 1. The number of hydrogen-bond acceptors (Lipinski definition) is 2. The molecule has 1 N–H and O–H groups in total. The quantitative estimate of drug-likeness (QED) is 0.870. The van der Waals surface area contributed by atoms with Crippen molar-refractivity contribution >= 4 is 17.5 Å². The number of piperidine rings is 3. The van der Waals surface area contributed by atoms with Crippen LogP contribution in [0.15, 0.2) is 35.9 Å². The van der Waals surface area contributed by atoms with Gasteiger partial charge in [0.2, 0.25) is 5.91 Å². The lowest BCUT2D eigenvalue weighted by atomic mass is 9.65. The highest BCUT2D eigenvalue weighted by atomic mass is 35.5. The molecule has 4 bridgehead atoms. The van der Waals surface area contributed by atoms with Crippen molar-refractivity contribution in [3.05, 3.63) is 46.5 Å². The lowest BCUT2D eigenvalue weighted by Crippen LogP contribution is -2.54. The Hall–Kier alpha value is -1.32. The third kappa shape index (κ3) is 2.80. The van der Waals surface area contributed by atoms with Crippen LogP contribution in [-0.4, -0.2) is 30.4 Å². The minimum atomic E-state index is 0.0485. The normalized spacial score (nSPS) is 32.1. The molecule has 3 aliphatic heterocycles. The molecule has 2 atom stereocenters. The van der Waals surface area contributed by atoms with Gasteiger partial charge < -0.3 is 10.2 Å². The molecule has 3 nitrogen and oxygen atoms in total. The maximum Gasteiger partial charge on any atom is 0.244 e. The molecule has 4 heteroatoms. The van der Waals surface area contributed by atoms with E-state index in [9.17, 15) is 4.79 Å². The molecule has 0 aromatic heterocycles. The van der Waals surface area contributed by atoms with Crippen LogP contribution in [0.3, 0.4) is 0 Å². The van der Waals surface area contributed by atoms with Gasteiger partial charge in [0.25, 0.3) is 0 Å². The molecule has 2 unspecified atom stereocenters. The van der Waals surface area contributed by atoms with Crippen LogP contribution in [0.2, 0.25) is 5.02 Å². The molecular formula is C18H21ClN2O. The molecule has 1 amide bonds. The van der Waals surface area contributed by atoms with Crippen LogP contribution in [0.25, 0.3) is 0 Å². The Labute approximate surface area is 136 Å². The van der Waals surface area contributed by atoms with Crippen LogP contribution < -0.4 is 5.32 Å². The van der Waals surface area contributed by atoms with E-state index >= 15 is 0 Å². The van der Waals surface area contributed by atoms with Crippen molar-refractivity contribution in [1.82, 2.24) is 10.2 Å². The van der Waals surface area contributed by atoms with Crippen LogP contribution in [-0.2, 0) is 11.3 Å². The molecule has 3 saturated heterocycles. The lowest BCUT2D eigenvalue weighted by Gasteiger charge is -2.53. The first-order valence-corrected chi connectivity index (χ1v) is 8.51. The van der Waals surface area contributed by atoms with Crippen molar-refractivity contribution in [2.24, 2.45) is 17.8 Å². The summed E-state index contributed by atoms with van der Waals surface area (Å²) in [6.45, 7) is 4.15. The van der Waals surface area contributed by atoms with E-state index in [0.29, 0.717) is 18.4 Å². The molecular weight excluding hydrogens is 296 g/mol. The van der Waals surface area contributed by atoms with E-state index in [1.807, 2.05) is 30.3 Å². The summed E-state index contributed by atoms with van der Waals surface area (Å²) in [4.78, 5) is 14.8. The molecule has 1 aromatic carbocycles. The molecule has 0 radical (unpaired) electrons. The number of benzene rings is 1. The summed E-state index contributed by atoms with van der Waals surface area (Å²) in [7, 11) is 0. The van der Waals surface area contributed by atoms with E-state index in [1.165, 1.54) is 25.0 Å². The highest BCUT2D eigenvalue weighted by molar-refractivity contribution is 6.30. The third-order valence-corrected chi connectivity index (χ3v) is 5.58. The van der Waals surface area contributed by atoms with E-state index < -0.39 is 0 Å². The smallest absolute Gasteiger partial charge is 0.244 e. The van der Waals surface area contributed by atoms with Gasteiger partial charge in [0, 0.05) is 37.3 Å². The van der Waals surface area contributed by atoms with Crippen LogP contribution in [0.4, 0.5) is 0 Å². The minimum Gasteiger partial charge on any atom is -0.348 e. The van der Waals surface area contributed by atoms with E-state index in [0.717, 1.165) is 29.6 Å². The number of carbonyl (C=O) groups excluding carboxylic acids is 1. The molecule has 5 rings (SSSR count). The standard InChI is InChI=1S/C18H21ClN2O/c19-16-3-1-12(2-4-16)8-20-18(22)7-17-14-5-13-6-15(17)11-21(9-13)10-14/h1-4,7,13-15H,5-6,8-11H2,(H,20,22). The summed E-state index contributed by atoms with van der Waals surface area (Å²) in [5.74, 6) is 2.15. The van der Waals surface area contributed by atoms with E-state index in [-0.39, 0.29) is 5.91 Å². The number of hydrogen-bond donors (Lipinski definition) is 1. The molecule has 0 spiro atoms. The van der Waals surface area contributed by atoms with E-state index in [2.05, 4.69) is 10.2 Å². The number of amides is 1. The van der Waals surface area contributed by atoms with Crippen LogP contribution in [0.5, 0.6) is 0 Å². The molecule has 3 heterocycles. The van der Waals surface area contributed by atoms with Gasteiger partial charge in [-0.1, -0.05) is 29.3 Å². The number of carbonyl (C=O) groups is 1. The van der Waals surface area contributed by atoms with Gasteiger partial charge in [0.1, 0.15) is 0 Å². The predicted molar refractivity (Wildman–Crippen MR) is 87.5 cm³/mol. The Morgan fingerprint density at radius 1 is 1.18 bits per heavy atom. The Morgan fingerprint density at radius 3 is 2.50 bits per heavy atom. The first kappa shape index (κ1) is 14.3. The zero-order valence-electron chi connectivity index (χ0n) is 12.6. The summed E-state index contributed by atoms with van der Waals surface area (Å²) in [6.07, 6.45) is 4.46. The van der Waals surface area contributed by atoms with Gasteiger partial charge in [0.05, 0.1) is 0 Å². The summed E-state index contributed by atoms with van der Waals surface area (Å²) in [5.41, 5.74) is 2.48. The van der Waals surface area contributed by atoms with Crippen molar-refractivity contribution in [1.29, 1.82) is 0 Å². The molecule has 1 saturated carbocycles. The SMILES string of the molecule is O=C(C=C1C2CC3CC1CN(C3)C2)NCc1ccc(Cl)cc1. The van der Waals surface area contributed by atoms with Gasteiger partial charge in [-0.3, -0.25) is 4.79 Å². The van der Waals surface area contributed by atoms with Gasteiger partial charge >= 0.3 is 0 Å². The Kier molecular flexibility index (Phi) is 3.71. The summed E-state index contributed by atoms with van der Waals surface area (Å²) in [5, 5.41) is 3.73. The van der Waals surface area contributed by atoms with Crippen LogP contribution in [0.1, 0.15) is 18.4 Å². The fourth-order valence-corrected chi connectivity index (χ4v) is 4.58. The Morgan fingerprint density at radius 2 is 1.86 bits per heavy atom. The Bertz CT molecular complexity index is 578. The summed E-state index contributed by atoms with van der Waals surface area (Å²) < 4.78 is 0. The number of rotatable bonds is 3. The van der Waals surface area contributed by atoms with Gasteiger partial charge in [0.15, 0.2) is 0 Å². The molecule has 1 aliphatic carbocycles. The van der Waals surface area contributed by atoms with Crippen LogP contribution >= 0.6 is 11.6 Å². The number of halogens is 1. The first-order valence-electron chi connectivity index (χ1n) is 8.13. The molecule has 116 valence electrons. The third-order valence-electron chi connectivity index (χ3n) is 5.33. The van der Waals surface area contributed by atoms with Crippen molar-refractivity contribution < 1.29 is 4.79 Å². The van der Waals surface area contributed by atoms with Crippen molar-refractivity contribution in [2.75, 3.05) is 19.6 Å². The summed E-state index contributed by atoms with van der Waals surface area (Å²) >= 11 is 5.87. The van der Waals surface area contributed by atoms with Crippen LogP contribution in [0, 0.1) is 17.8 Å². The average Bonchev–Trinajstić information content (AvgIpc) is 2.50. The van der Waals surface area contributed by atoms with Gasteiger partial charge in [-0.2, -0.15) is 0 Å². The fraction of sp³-hybridized carbons (Fsp3) is 0.500. The second-order valence-electron chi connectivity index (χ2n) is 6.94. The predicted octanol–water partition coefficient (Wildman–Crippen LogP) is 2.85. The summed E-state index contributed by atoms with van der Waals surface area (Å²) in [6, 6.07) is 7.61. The molecule has 1 aromatic rings. The molecule has 4 fully saturated rings. The average molecular weight is 317 g/mol. The van der Waals surface area contributed by atoms with E-state index in [4.69, 9.17) is 11.6 Å². The number of nitrogens with zero attached hydrogens (tertiary/aromatic N) is 1. The minimum absolute atomic E-state index is 0.0485. The van der Waals surface area contributed by atoms with E-state index in [1.54, 1.807) is 0 Å². The zero-order chi connectivity index (χ0) is 15.1. The lowest BCUT2D eigenvalue weighted by molar-refractivity contribution is -0.116. The highest BCUT2D eigenvalue weighted by Gasteiger charge is 2.44. The highest BCUT2D eigenvalue weighted by Crippen LogP contribution is 2.46. The zero-order valence-corrected chi connectivity index (χ0v) is 13.4. The maximum absolute atomic E-state index is 12.2. The maximum atomic E-state index is 12.2. The first-order chi connectivity index (χ1) is 10.7. The fourth-order valence-electron chi connectivity index (χ4n) is 4.46. The second-order valence-corrected chi connectivity index (χ2v) is 7.37. The molecule has 4 aliphatic rings. The van der Waals surface area contributed by atoms with Gasteiger partial charge in [-0.05, 0) is 48.3 Å². The molecule has 22 heavy (non-hydrogen) atoms. The van der Waals surface area contributed by atoms with Crippen molar-refractivity contribution in [3.63, 3.8) is 0 Å². The van der Waals surface area contributed by atoms with Gasteiger partial charge in [-0.15, -0.1) is 0 Å². The Balaban J connectivity index is 1.40. The largest absolute Gasteiger partial charge is 0.348 e. The van der Waals surface area contributed by atoms with Gasteiger partial charge in [-0.25, -0.2) is 0 Å². The second kappa shape index (κ2) is 5.71. The topological polar surface area (TPSA) is 32.3 Å².